The molecule has 0 aromatic carbocycles. The Morgan fingerprint density at radius 3 is 3.00 bits per heavy atom. The van der Waals surface area contributed by atoms with Gasteiger partial charge in [0, 0.05) is 19.2 Å². The first-order valence-electron chi connectivity index (χ1n) is 6.94. The van der Waals surface area contributed by atoms with Crippen LogP contribution in [0.4, 0.5) is 0 Å². The highest BCUT2D eigenvalue weighted by atomic mass is 35.5. The highest BCUT2D eigenvalue weighted by molar-refractivity contribution is 6.30. The molecule has 2 aromatic rings. The van der Waals surface area contributed by atoms with E-state index in [1.807, 2.05) is 0 Å². The van der Waals surface area contributed by atoms with Gasteiger partial charge in [-0.05, 0) is 18.2 Å². The van der Waals surface area contributed by atoms with Gasteiger partial charge in [0.2, 0.25) is 0 Å². The summed E-state index contributed by atoms with van der Waals surface area (Å²) in [5.74, 6) is -0.0452. The predicted octanol–water partition coefficient (Wildman–Crippen LogP) is 2.38. The molecule has 6 nitrogen and oxygen atoms in total. The molecule has 1 amide bonds. The number of amides is 1. The van der Waals surface area contributed by atoms with Crippen molar-refractivity contribution in [1.29, 1.82) is 0 Å². The lowest BCUT2D eigenvalue weighted by Crippen LogP contribution is -2.49. The number of ether oxygens (including phenoxy) is 1. The van der Waals surface area contributed by atoms with E-state index in [0.29, 0.717) is 36.2 Å². The Labute approximate surface area is 132 Å². The fourth-order valence-corrected chi connectivity index (χ4v) is 2.65. The van der Waals surface area contributed by atoms with Gasteiger partial charge in [0.15, 0.2) is 11.5 Å². The SMILES string of the molecule is O=C(CC1COCCN1C(=O)c1cc(Cl)c[nH]1)c1ccco1. The Kier molecular flexibility index (Phi) is 4.31. The largest absolute Gasteiger partial charge is 0.461 e. The number of nitrogens with zero attached hydrogens (tertiary/aromatic N) is 1. The van der Waals surface area contributed by atoms with E-state index in [9.17, 15) is 9.59 Å². The molecular formula is C15H15ClN2O4. The van der Waals surface area contributed by atoms with Crippen LogP contribution in [0, 0.1) is 0 Å². The highest BCUT2D eigenvalue weighted by Crippen LogP contribution is 2.19. The third-order valence-corrected chi connectivity index (χ3v) is 3.80. The fourth-order valence-electron chi connectivity index (χ4n) is 2.49. The van der Waals surface area contributed by atoms with Crippen LogP contribution in [0.2, 0.25) is 5.02 Å². The van der Waals surface area contributed by atoms with Crippen LogP contribution < -0.4 is 0 Å². The van der Waals surface area contributed by atoms with Gasteiger partial charge >= 0.3 is 0 Å². The van der Waals surface area contributed by atoms with E-state index < -0.39 is 0 Å². The summed E-state index contributed by atoms with van der Waals surface area (Å²) in [6, 6.07) is 4.53. The summed E-state index contributed by atoms with van der Waals surface area (Å²) in [5, 5.41) is 0.472. The molecule has 0 bridgehead atoms. The van der Waals surface area contributed by atoms with E-state index in [2.05, 4.69) is 4.98 Å². The highest BCUT2D eigenvalue weighted by Gasteiger charge is 2.31. The molecule has 7 heteroatoms. The van der Waals surface area contributed by atoms with Gasteiger partial charge in [-0.3, -0.25) is 9.59 Å². The molecule has 2 aromatic heterocycles. The quantitative estimate of drug-likeness (QED) is 0.877. The van der Waals surface area contributed by atoms with Crippen LogP contribution >= 0.6 is 11.6 Å². The van der Waals surface area contributed by atoms with Crippen molar-refractivity contribution < 1.29 is 18.7 Å². The number of carbonyl (C=O) groups is 2. The third kappa shape index (κ3) is 3.08. The molecule has 1 fully saturated rings. The zero-order valence-electron chi connectivity index (χ0n) is 11.8. The Bertz CT molecular complexity index is 665. The molecule has 0 radical (unpaired) electrons. The molecule has 0 saturated carbocycles. The first-order chi connectivity index (χ1) is 10.6. The van der Waals surface area contributed by atoms with Gasteiger partial charge in [-0.1, -0.05) is 11.6 Å². The second-order valence-corrected chi connectivity index (χ2v) is 5.50. The number of Topliss-reactive ketones (excluding diaryl/α,β-unsaturated/α-hetero) is 1. The number of aromatic amines is 1. The Hall–Kier alpha value is -2.05. The standard InChI is InChI=1S/C15H15ClN2O4/c16-10-6-12(17-8-10)15(20)18-3-5-21-9-11(18)7-13(19)14-2-1-4-22-14/h1-2,4,6,8,11,17H,3,5,7,9H2. The third-order valence-electron chi connectivity index (χ3n) is 3.58. The van der Waals surface area contributed by atoms with Gasteiger partial charge in [0.25, 0.3) is 5.91 Å². The molecule has 1 atom stereocenters. The van der Waals surface area contributed by atoms with Gasteiger partial charge in [-0.2, -0.15) is 0 Å². The Morgan fingerprint density at radius 1 is 1.45 bits per heavy atom. The molecule has 1 aliphatic heterocycles. The van der Waals surface area contributed by atoms with Crippen molar-refractivity contribution in [3.05, 3.63) is 47.1 Å². The van der Waals surface area contributed by atoms with Gasteiger partial charge < -0.3 is 19.0 Å². The number of halogens is 1. The van der Waals surface area contributed by atoms with Gasteiger partial charge in [0.05, 0.1) is 30.5 Å². The van der Waals surface area contributed by atoms with Crippen LogP contribution in [0.5, 0.6) is 0 Å². The molecule has 0 spiro atoms. The van der Waals surface area contributed by atoms with Crippen LogP contribution in [0.1, 0.15) is 27.5 Å². The minimum absolute atomic E-state index is 0.150. The molecule has 3 rings (SSSR count). The second kappa shape index (κ2) is 6.37. The minimum atomic E-state index is -0.319. The maximum atomic E-state index is 12.5. The van der Waals surface area contributed by atoms with Crippen molar-refractivity contribution >= 4 is 23.3 Å². The Morgan fingerprint density at radius 2 is 2.32 bits per heavy atom. The van der Waals surface area contributed by atoms with Crippen molar-refractivity contribution in [2.24, 2.45) is 0 Å². The monoisotopic (exact) mass is 322 g/mol. The van der Waals surface area contributed by atoms with Crippen LogP contribution in [0.25, 0.3) is 0 Å². The second-order valence-electron chi connectivity index (χ2n) is 5.06. The topological polar surface area (TPSA) is 75.5 Å². The molecule has 1 unspecified atom stereocenters. The summed E-state index contributed by atoms with van der Waals surface area (Å²) in [6.45, 7) is 1.21. The van der Waals surface area contributed by atoms with E-state index >= 15 is 0 Å². The summed E-state index contributed by atoms with van der Waals surface area (Å²) < 4.78 is 10.5. The number of rotatable bonds is 4. The number of hydrogen-bond donors (Lipinski definition) is 1. The van der Waals surface area contributed by atoms with E-state index in [0.717, 1.165) is 0 Å². The van der Waals surface area contributed by atoms with Crippen molar-refractivity contribution in [3.63, 3.8) is 0 Å². The van der Waals surface area contributed by atoms with E-state index in [4.69, 9.17) is 20.8 Å². The number of aromatic nitrogens is 1. The smallest absolute Gasteiger partial charge is 0.270 e. The molecule has 3 heterocycles. The average Bonchev–Trinajstić information content (AvgIpc) is 3.18. The van der Waals surface area contributed by atoms with Gasteiger partial charge in [-0.15, -0.1) is 0 Å². The summed E-state index contributed by atoms with van der Waals surface area (Å²) in [6.07, 6.45) is 3.17. The van der Waals surface area contributed by atoms with Crippen LogP contribution in [0.3, 0.4) is 0 Å². The van der Waals surface area contributed by atoms with Crippen molar-refractivity contribution in [2.75, 3.05) is 19.8 Å². The predicted molar refractivity (Wildman–Crippen MR) is 79.1 cm³/mol. The molecule has 1 N–H and O–H groups in total. The maximum absolute atomic E-state index is 12.5. The molecule has 116 valence electrons. The zero-order valence-corrected chi connectivity index (χ0v) is 12.5. The molecule has 1 saturated heterocycles. The average molecular weight is 323 g/mol. The summed E-state index contributed by atoms with van der Waals surface area (Å²) in [4.78, 5) is 29.2. The lowest BCUT2D eigenvalue weighted by atomic mass is 10.1. The summed E-state index contributed by atoms with van der Waals surface area (Å²) in [7, 11) is 0. The van der Waals surface area contributed by atoms with Gasteiger partial charge in [-0.25, -0.2) is 0 Å². The number of H-pyrrole nitrogens is 1. The number of furan rings is 1. The molecule has 22 heavy (non-hydrogen) atoms. The van der Waals surface area contributed by atoms with Crippen LogP contribution in [0.15, 0.2) is 35.1 Å². The van der Waals surface area contributed by atoms with Crippen molar-refractivity contribution in [2.45, 2.75) is 12.5 Å². The normalized spacial score (nSPS) is 18.4. The van der Waals surface area contributed by atoms with E-state index in [-0.39, 0.29) is 24.2 Å². The first-order valence-corrected chi connectivity index (χ1v) is 7.32. The minimum Gasteiger partial charge on any atom is -0.461 e. The number of carbonyl (C=O) groups excluding carboxylic acids is 2. The van der Waals surface area contributed by atoms with E-state index in [1.165, 1.54) is 6.26 Å². The summed E-state index contributed by atoms with van der Waals surface area (Å²) in [5.41, 5.74) is 0.405. The molecule has 1 aliphatic rings. The van der Waals surface area contributed by atoms with Gasteiger partial charge in [0.1, 0.15) is 5.69 Å². The lowest BCUT2D eigenvalue weighted by molar-refractivity contribution is -0.00329. The van der Waals surface area contributed by atoms with Crippen LogP contribution in [-0.4, -0.2) is 47.4 Å². The number of nitrogens with one attached hydrogen (secondary N) is 1. The number of hydrogen-bond acceptors (Lipinski definition) is 4. The zero-order chi connectivity index (χ0) is 15.5. The lowest BCUT2D eigenvalue weighted by Gasteiger charge is -2.34. The Balaban J connectivity index is 1.73. The van der Waals surface area contributed by atoms with E-state index in [1.54, 1.807) is 29.3 Å². The fraction of sp³-hybridized carbons (Fsp3) is 0.333. The van der Waals surface area contributed by atoms with Crippen LogP contribution in [-0.2, 0) is 4.74 Å². The maximum Gasteiger partial charge on any atom is 0.270 e. The molecule has 0 aliphatic carbocycles. The molecular weight excluding hydrogens is 308 g/mol. The van der Waals surface area contributed by atoms with Crippen molar-refractivity contribution in [3.8, 4) is 0 Å². The first kappa shape index (κ1) is 14.9. The number of ketones is 1. The van der Waals surface area contributed by atoms with Crippen molar-refractivity contribution in [1.82, 2.24) is 9.88 Å². The number of morpholine rings is 1. The summed E-state index contributed by atoms with van der Waals surface area (Å²) >= 11 is 5.84.